The monoisotopic (exact) mass is 282 g/mol. The predicted octanol–water partition coefficient (Wildman–Crippen LogP) is 2.81. The Morgan fingerprint density at radius 3 is 2.95 bits per heavy atom. The third-order valence-electron chi connectivity index (χ3n) is 3.12. The highest BCUT2D eigenvalue weighted by atomic mass is 35.5. The summed E-state index contributed by atoms with van der Waals surface area (Å²) < 4.78 is 0. The second-order valence-electron chi connectivity index (χ2n) is 4.53. The number of amides is 2. The highest BCUT2D eigenvalue weighted by Crippen LogP contribution is 2.22. The van der Waals surface area contributed by atoms with E-state index >= 15 is 0 Å². The Kier molecular flexibility index (Phi) is 4.27. The Balaban J connectivity index is 2.01. The van der Waals surface area contributed by atoms with Crippen LogP contribution in [0.4, 0.5) is 10.5 Å². The molecule has 0 radical (unpaired) electrons. The van der Waals surface area contributed by atoms with Gasteiger partial charge in [0.05, 0.1) is 6.42 Å². The fourth-order valence-corrected chi connectivity index (χ4v) is 2.47. The maximum absolute atomic E-state index is 12.1. The Bertz CT molecular complexity index is 493. The summed E-state index contributed by atoms with van der Waals surface area (Å²) in [6.07, 6.45) is 1.55. The first kappa shape index (κ1) is 13.7. The Morgan fingerprint density at radius 1 is 1.47 bits per heavy atom. The second-order valence-corrected chi connectivity index (χ2v) is 4.96. The zero-order valence-electron chi connectivity index (χ0n) is 10.3. The van der Waals surface area contributed by atoms with Gasteiger partial charge in [-0.2, -0.15) is 0 Å². The fourth-order valence-electron chi connectivity index (χ4n) is 2.28. The van der Waals surface area contributed by atoms with E-state index in [1.807, 2.05) is 0 Å². The fraction of sp³-hybridized carbons (Fsp3) is 0.385. The molecule has 1 saturated heterocycles. The molecule has 5 nitrogen and oxygen atoms in total. The summed E-state index contributed by atoms with van der Waals surface area (Å²) in [6, 6.07) is 6.37. The number of nitrogens with one attached hydrogen (secondary N) is 1. The number of aliphatic carboxylic acids is 1. The first-order valence-electron chi connectivity index (χ1n) is 6.11. The lowest BCUT2D eigenvalue weighted by Crippen LogP contribution is -2.39. The summed E-state index contributed by atoms with van der Waals surface area (Å²) in [5.74, 6) is -0.882. The molecule has 102 valence electrons. The molecule has 1 fully saturated rings. The van der Waals surface area contributed by atoms with Gasteiger partial charge in [-0.3, -0.25) is 4.79 Å². The molecule has 2 amide bonds. The number of benzene rings is 1. The molecule has 0 saturated carbocycles. The van der Waals surface area contributed by atoms with Crippen LogP contribution in [0.1, 0.15) is 19.3 Å². The average Bonchev–Trinajstić information content (AvgIpc) is 2.76. The quantitative estimate of drug-likeness (QED) is 0.895. The minimum absolute atomic E-state index is 0.0109. The molecule has 1 aliphatic heterocycles. The van der Waals surface area contributed by atoms with Crippen molar-refractivity contribution in [3.8, 4) is 0 Å². The summed E-state index contributed by atoms with van der Waals surface area (Å²) in [6.45, 7) is 0.588. The molecule has 1 aromatic rings. The summed E-state index contributed by atoms with van der Waals surface area (Å²) in [5.41, 5.74) is 0.610. The summed E-state index contributed by atoms with van der Waals surface area (Å²) in [4.78, 5) is 24.4. The molecule has 0 spiro atoms. The molecule has 6 heteroatoms. The van der Waals surface area contributed by atoms with E-state index in [-0.39, 0.29) is 18.5 Å². The van der Waals surface area contributed by atoms with Gasteiger partial charge in [-0.1, -0.05) is 17.7 Å². The van der Waals surface area contributed by atoms with Crippen molar-refractivity contribution in [1.82, 2.24) is 4.90 Å². The van der Waals surface area contributed by atoms with E-state index in [0.717, 1.165) is 12.8 Å². The Labute approximate surface area is 116 Å². The number of hydrogen-bond donors (Lipinski definition) is 2. The van der Waals surface area contributed by atoms with E-state index in [1.165, 1.54) is 0 Å². The van der Waals surface area contributed by atoms with E-state index < -0.39 is 5.97 Å². The highest BCUT2D eigenvalue weighted by molar-refractivity contribution is 6.30. The number of rotatable bonds is 3. The van der Waals surface area contributed by atoms with Crippen LogP contribution in [0.25, 0.3) is 0 Å². The molecule has 2 rings (SSSR count). The van der Waals surface area contributed by atoms with E-state index in [2.05, 4.69) is 5.32 Å². The zero-order valence-corrected chi connectivity index (χ0v) is 11.1. The molecule has 1 unspecified atom stereocenters. The lowest BCUT2D eigenvalue weighted by atomic mass is 10.1. The summed E-state index contributed by atoms with van der Waals surface area (Å²) in [7, 11) is 0. The van der Waals surface area contributed by atoms with Crippen molar-refractivity contribution in [3.63, 3.8) is 0 Å². The Morgan fingerprint density at radius 2 is 2.26 bits per heavy atom. The third kappa shape index (κ3) is 3.61. The lowest BCUT2D eigenvalue weighted by Gasteiger charge is -2.23. The molecule has 1 aliphatic rings. The summed E-state index contributed by atoms with van der Waals surface area (Å²) >= 11 is 5.84. The van der Waals surface area contributed by atoms with Crippen LogP contribution in [0.15, 0.2) is 24.3 Å². The van der Waals surface area contributed by atoms with Crippen LogP contribution in [0, 0.1) is 0 Å². The SMILES string of the molecule is O=C(O)CC1CCCN1C(=O)Nc1cccc(Cl)c1. The zero-order chi connectivity index (χ0) is 13.8. The maximum Gasteiger partial charge on any atom is 0.322 e. The van der Waals surface area contributed by atoms with E-state index in [1.54, 1.807) is 29.2 Å². The minimum atomic E-state index is -0.882. The first-order chi connectivity index (χ1) is 9.06. The number of carboxylic acids is 1. The van der Waals surface area contributed by atoms with Crippen molar-refractivity contribution in [3.05, 3.63) is 29.3 Å². The van der Waals surface area contributed by atoms with Crippen LogP contribution in [-0.2, 0) is 4.79 Å². The molecule has 0 aromatic heterocycles. The van der Waals surface area contributed by atoms with Gasteiger partial charge in [0.1, 0.15) is 0 Å². The topological polar surface area (TPSA) is 69.6 Å². The smallest absolute Gasteiger partial charge is 0.322 e. The van der Waals surface area contributed by atoms with Crippen molar-refractivity contribution in [2.45, 2.75) is 25.3 Å². The predicted molar refractivity (Wildman–Crippen MR) is 72.5 cm³/mol. The van der Waals surface area contributed by atoms with Gasteiger partial charge in [0, 0.05) is 23.3 Å². The molecule has 2 N–H and O–H groups in total. The largest absolute Gasteiger partial charge is 0.481 e. The van der Waals surface area contributed by atoms with Crippen molar-refractivity contribution in [1.29, 1.82) is 0 Å². The Hall–Kier alpha value is -1.75. The van der Waals surface area contributed by atoms with Crippen LogP contribution in [0.5, 0.6) is 0 Å². The van der Waals surface area contributed by atoms with Crippen LogP contribution in [-0.4, -0.2) is 34.6 Å². The molecule has 1 aromatic carbocycles. The van der Waals surface area contributed by atoms with Crippen molar-refractivity contribution in [2.24, 2.45) is 0 Å². The van der Waals surface area contributed by atoms with Crippen molar-refractivity contribution >= 4 is 29.3 Å². The number of anilines is 1. The van der Waals surface area contributed by atoms with Gasteiger partial charge in [0.15, 0.2) is 0 Å². The molecule has 1 heterocycles. The highest BCUT2D eigenvalue weighted by Gasteiger charge is 2.30. The number of carboxylic acid groups (broad SMARTS) is 1. The van der Waals surface area contributed by atoms with E-state index in [4.69, 9.17) is 16.7 Å². The lowest BCUT2D eigenvalue weighted by molar-refractivity contribution is -0.137. The summed E-state index contributed by atoms with van der Waals surface area (Å²) in [5, 5.41) is 12.1. The van der Waals surface area contributed by atoms with Gasteiger partial charge in [-0.15, -0.1) is 0 Å². The van der Waals surface area contributed by atoms with Crippen LogP contribution in [0.2, 0.25) is 5.02 Å². The van der Waals surface area contributed by atoms with Crippen LogP contribution in [0.3, 0.4) is 0 Å². The number of likely N-dealkylation sites (tertiary alicyclic amines) is 1. The number of urea groups is 1. The molecule has 1 atom stereocenters. The molecule has 0 aliphatic carbocycles. The van der Waals surface area contributed by atoms with Gasteiger partial charge < -0.3 is 15.3 Å². The number of halogens is 1. The van der Waals surface area contributed by atoms with Gasteiger partial charge >= 0.3 is 12.0 Å². The molecular weight excluding hydrogens is 268 g/mol. The number of carbonyl (C=O) groups is 2. The molecule has 19 heavy (non-hydrogen) atoms. The van der Waals surface area contributed by atoms with Gasteiger partial charge in [-0.05, 0) is 31.0 Å². The van der Waals surface area contributed by atoms with Crippen LogP contribution >= 0.6 is 11.6 Å². The first-order valence-corrected chi connectivity index (χ1v) is 6.49. The number of hydrogen-bond acceptors (Lipinski definition) is 2. The van der Waals surface area contributed by atoms with Crippen LogP contribution < -0.4 is 5.32 Å². The average molecular weight is 283 g/mol. The van der Waals surface area contributed by atoms with Gasteiger partial charge in [-0.25, -0.2) is 4.79 Å². The minimum Gasteiger partial charge on any atom is -0.481 e. The second kappa shape index (κ2) is 5.93. The third-order valence-corrected chi connectivity index (χ3v) is 3.36. The van der Waals surface area contributed by atoms with Gasteiger partial charge in [0.25, 0.3) is 0 Å². The molecular formula is C13H15ClN2O3. The van der Waals surface area contributed by atoms with E-state index in [0.29, 0.717) is 17.3 Å². The maximum atomic E-state index is 12.1. The number of carbonyl (C=O) groups excluding carboxylic acids is 1. The van der Waals surface area contributed by atoms with Crippen molar-refractivity contribution < 1.29 is 14.7 Å². The molecule has 0 bridgehead atoms. The normalized spacial score (nSPS) is 18.4. The van der Waals surface area contributed by atoms with Gasteiger partial charge in [0.2, 0.25) is 0 Å². The standard InChI is InChI=1S/C13H15ClN2O3/c14-9-3-1-4-10(7-9)15-13(19)16-6-2-5-11(16)8-12(17)18/h1,3-4,7,11H,2,5-6,8H2,(H,15,19)(H,17,18). The number of nitrogens with zero attached hydrogens (tertiary/aromatic N) is 1. The van der Waals surface area contributed by atoms with Crippen molar-refractivity contribution in [2.75, 3.05) is 11.9 Å². The van der Waals surface area contributed by atoms with E-state index in [9.17, 15) is 9.59 Å².